The maximum atomic E-state index is 13.4. The van der Waals surface area contributed by atoms with E-state index in [4.69, 9.17) is 9.05 Å². The maximum Gasteiger partial charge on any atom is 0.435 e. The fourth-order valence-corrected chi connectivity index (χ4v) is 4.70. The van der Waals surface area contributed by atoms with Gasteiger partial charge in [0.05, 0.1) is 18.9 Å². The molecule has 0 saturated heterocycles. The van der Waals surface area contributed by atoms with Crippen molar-refractivity contribution in [3.63, 3.8) is 0 Å². The van der Waals surface area contributed by atoms with Crippen LogP contribution in [0.15, 0.2) is 54.6 Å². The number of rotatable bonds is 8. The lowest BCUT2D eigenvalue weighted by Gasteiger charge is -2.35. The lowest BCUT2D eigenvalue weighted by atomic mass is 10.0. The molecule has 0 N–H and O–H groups in total. The summed E-state index contributed by atoms with van der Waals surface area (Å²) in [5.74, 6) is 0. The zero-order valence-corrected chi connectivity index (χ0v) is 15.7. The third-order valence-electron chi connectivity index (χ3n) is 3.57. The van der Waals surface area contributed by atoms with Crippen LogP contribution in [0.25, 0.3) is 11.1 Å². The maximum absolute atomic E-state index is 13.4. The molecular formula is C19H26NO3P. The quantitative estimate of drug-likeness (QED) is 0.570. The normalized spacial score (nSPS) is 11.7. The molecule has 0 aliphatic carbocycles. The van der Waals surface area contributed by atoms with Crippen molar-refractivity contribution in [2.75, 3.05) is 17.9 Å². The van der Waals surface area contributed by atoms with Gasteiger partial charge >= 0.3 is 7.75 Å². The van der Waals surface area contributed by atoms with Crippen LogP contribution in [0.1, 0.15) is 27.7 Å². The van der Waals surface area contributed by atoms with Crippen molar-refractivity contribution in [1.82, 2.24) is 0 Å². The molecule has 0 amide bonds. The Morgan fingerprint density at radius 3 is 2.00 bits per heavy atom. The Kier molecular flexibility index (Phi) is 6.61. The summed E-state index contributed by atoms with van der Waals surface area (Å²) < 4.78 is 26.4. The number of hydrogen-bond donors (Lipinski definition) is 0. The van der Waals surface area contributed by atoms with Gasteiger partial charge in [0.15, 0.2) is 0 Å². The van der Waals surface area contributed by atoms with Gasteiger partial charge in [-0.2, -0.15) is 0 Å². The fourth-order valence-electron chi connectivity index (χ4n) is 2.72. The summed E-state index contributed by atoms with van der Waals surface area (Å²) >= 11 is 0. The second-order valence-corrected chi connectivity index (χ2v) is 7.51. The van der Waals surface area contributed by atoms with E-state index in [1.807, 2.05) is 82.3 Å². The van der Waals surface area contributed by atoms with E-state index in [1.165, 1.54) is 0 Å². The van der Waals surface area contributed by atoms with Gasteiger partial charge in [-0.3, -0.25) is 13.7 Å². The molecule has 0 heterocycles. The van der Waals surface area contributed by atoms with Crippen molar-refractivity contribution < 1.29 is 13.6 Å². The molecule has 130 valence electrons. The Hall–Kier alpha value is -1.61. The van der Waals surface area contributed by atoms with Crippen LogP contribution in [0.4, 0.5) is 5.69 Å². The summed E-state index contributed by atoms with van der Waals surface area (Å²) in [5.41, 5.74) is 2.92. The predicted octanol–water partition coefficient (Wildman–Crippen LogP) is 5.75. The van der Waals surface area contributed by atoms with Gasteiger partial charge in [0.1, 0.15) is 0 Å². The van der Waals surface area contributed by atoms with Crippen LogP contribution in [0.2, 0.25) is 0 Å². The number of hydrogen-bond acceptors (Lipinski definition) is 3. The van der Waals surface area contributed by atoms with Gasteiger partial charge in [0.25, 0.3) is 0 Å². The summed E-state index contributed by atoms with van der Waals surface area (Å²) in [4.78, 5) is 0. The molecule has 0 aromatic heterocycles. The number of nitrogens with zero attached hydrogens (tertiary/aromatic N) is 1. The highest BCUT2D eigenvalue weighted by Crippen LogP contribution is 2.56. The van der Waals surface area contributed by atoms with Crippen LogP contribution < -0.4 is 4.67 Å². The molecule has 0 unspecified atom stereocenters. The molecule has 0 saturated carbocycles. The van der Waals surface area contributed by atoms with E-state index < -0.39 is 7.75 Å². The van der Waals surface area contributed by atoms with Crippen molar-refractivity contribution >= 4 is 13.4 Å². The van der Waals surface area contributed by atoms with Gasteiger partial charge in [-0.25, -0.2) is 4.57 Å². The molecule has 2 aromatic carbocycles. The second kappa shape index (κ2) is 8.48. The average molecular weight is 347 g/mol. The van der Waals surface area contributed by atoms with E-state index in [9.17, 15) is 4.57 Å². The summed E-state index contributed by atoms with van der Waals surface area (Å²) in [6.07, 6.45) is 0. The van der Waals surface area contributed by atoms with Gasteiger partial charge in [-0.15, -0.1) is 0 Å². The molecule has 0 radical (unpaired) electrons. The van der Waals surface area contributed by atoms with Crippen molar-refractivity contribution in [2.45, 2.75) is 33.7 Å². The summed E-state index contributed by atoms with van der Waals surface area (Å²) in [6, 6.07) is 17.9. The molecule has 24 heavy (non-hydrogen) atoms. The highest BCUT2D eigenvalue weighted by atomic mass is 31.2. The molecule has 5 heteroatoms. The monoisotopic (exact) mass is 347 g/mol. The molecule has 0 spiro atoms. The zero-order chi connectivity index (χ0) is 17.6. The first-order valence-corrected chi connectivity index (χ1v) is 9.86. The zero-order valence-electron chi connectivity index (χ0n) is 14.8. The van der Waals surface area contributed by atoms with Crippen LogP contribution in [0.5, 0.6) is 0 Å². The highest BCUT2D eigenvalue weighted by Gasteiger charge is 2.36. The third kappa shape index (κ3) is 4.07. The standard InChI is InChI=1S/C19H26NO3P/c1-5-22-24(21,23-6-2)20(16(3)4)19-15-11-10-14-18(19)17-12-8-7-9-13-17/h7-16H,5-6H2,1-4H3. The minimum absolute atomic E-state index is 0.0428. The number of anilines is 1. The summed E-state index contributed by atoms with van der Waals surface area (Å²) in [7, 11) is -3.42. The van der Waals surface area contributed by atoms with E-state index >= 15 is 0 Å². The second-order valence-electron chi connectivity index (χ2n) is 5.63. The Bertz CT molecular complexity index is 678. The Labute approximate surface area is 145 Å². The molecule has 0 aliphatic heterocycles. The SMILES string of the molecule is CCOP(=O)(OCC)N(c1ccccc1-c1ccccc1)C(C)C. The number of benzene rings is 2. The van der Waals surface area contributed by atoms with Crippen LogP contribution in [-0.2, 0) is 13.6 Å². The van der Waals surface area contributed by atoms with E-state index in [-0.39, 0.29) is 6.04 Å². The lowest BCUT2D eigenvalue weighted by Crippen LogP contribution is -2.30. The van der Waals surface area contributed by atoms with E-state index in [1.54, 1.807) is 4.67 Å². The van der Waals surface area contributed by atoms with Crippen LogP contribution in [-0.4, -0.2) is 19.3 Å². The molecule has 2 aromatic rings. The first-order valence-electron chi connectivity index (χ1n) is 8.36. The molecule has 0 fully saturated rings. The summed E-state index contributed by atoms with van der Waals surface area (Å²) in [5, 5.41) is 0. The van der Waals surface area contributed by atoms with Gasteiger partial charge in [0, 0.05) is 11.6 Å². The largest absolute Gasteiger partial charge is 0.435 e. The topological polar surface area (TPSA) is 38.8 Å². The van der Waals surface area contributed by atoms with E-state index in [2.05, 4.69) is 0 Å². The van der Waals surface area contributed by atoms with Crippen LogP contribution >= 0.6 is 7.75 Å². The lowest BCUT2D eigenvalue weighted by molar-refractivity contribution is 0.216. The molecule has 0 bridgehead atoms. The predicted molar refractivity (Wildman–Crippen MR) is 100 cm³/mol. The average Bonchev–Trinajstić information content (AvgIpc) is 2.56. The smallest absolute Gasteiger partial charge is 0.292 e. The minimum atomic E-state index is -3.42. The first-order chi connectivity index (χ1) is 11.5. The molecule has 0 aliphatic rings. The van der Waals surface area contributed by atoms with E-state index in [0.717, 1.165) is 16.8 Å². The van der Waals surface area contributed by atoms with Crippen molar-refractivity contribution in [3.05, 3.63) is 54.6 Å². The van der Waals surface area contributed by atoms with Crippen LogP contribution in [0.3, 0.4) is 0 Å². The minimum Gasteiger partial charge on any atom is -0.292 e. The third-order valence-corrected chi connectivity index (χ3v) is 5.95. The Morgan fingerprint density at radius 1 is 0.917 bits per heavy atom. The van der Waals surface area contributed by atoms with Gasteiger partial charge in [-0.05, 0) is 39.3 Å². The van der Waals surface area contributed by atoms with Crippen LogP contribution in [0, 0.1) is 0 Å². The Balaban J connectivity index is 2.59. The van der Waals surface area contributed by atoms with Crippen molar-refractivity contribution in [1.29, 1.82) is 0 Å². The Morgan fingerprint density at radius 2 is 1.46 bits per heavy atom. The number of para-hydroxylation sites is 1. The molecule has 2 rings (SSSR count). The molecular weight excluding hydrogens is 321 g/mol. The molecule has 0 atom stereocenters. The summed E-state index contributed by atoms with van der Waals surface area (Å²) in [6.45, 7) is 8.29. The fraction of sp³-hybridized carbons (Fsp3) is 0.368. The van der Waals surface area contributed by atoms with Crippen molar-refractivity contribution in [3.8, 4) is 11.1 Å². The molecule has 4 nitrogen and oxygen atoms in total. The highest BCUT2D eigenvalue weighted by molar-refractivity contribution is 7.55. The van der Waals surface area contributed by atoms with Gasteiger partial charge in [0.2, 0.25) is 0 Å². The van der Waals surface area contributed by atoms with Gasteiger partial charge in [-0.1, -0.05) is 48.5 Å². The first kappa shape index (κ1) is 18.7. The van der Waals surface area contributed by atoms with E-state index in [0.29, 0.717) is 13.2 Å². The van der Waals surface area contributed by atoms with Gasteiger partial charge < -0.3 is 0 Å². The van der Waals surface area contributed by atoms with Crippen molar-refractivity contribution in [2.24, 2.45) is 0 Å².